The number of rotatable bonds is 2. The van der Waals surface area contributed by atoms with Gasteiger partial charge in [-0.15, -0.1) is 0 Å². The summed E-state index contributed by atoms with van der Waals surface area (Å²) in [5.41, 5.74) is 2.37. The highest BCUT2D eigenvalue weighted by atomic mass is 16.3. The Kier molecular flexibility index (Phi) is 2.13. The maximum Gasteiger partial charge on any atom is 0.235 e. The van der Waals surface area contributed by atoms with Crippen molar-refractivity contribution in [1.82, 2.24) is 4.98 Å². The average molecular weight is 188 g/mol. The highest BCUT2D eigenvalue weighted by Crippen LogP contribution is 2.19. The van der Waals surface area contributed by atoms with Crippen molar-refractivity contribution in [2.45, 2.75) is 13.5 Å². The molecule has 4 nitrogen and oxygen atoms in total. The van der Waals surface area contributed by atoms with Crippen LogP contribution in [-0.4, -0.2) is 11.1 Å². The molecule has 0 spiro atoms. The van der Waals surface area contributed by atoms with Gasteiger partial charge in [0.1, 0.15) is 5.52 Å². The molecule has 4 heteroatoms. The molecule has 0 fully saturated rings. The Morgan fingerprint density at radius 1 is 1.57 bits per heavy atom. The lowest BCUT2D eigenvalue weighted by Gasteiger charge is -1.93. The number of benzene rings is 1. The second-order valence-corrected chi connectivity index (χ2v) is 2.90. The van der Waals surface area contributed by atoms with Crippen molar-refractivity contribution < 1.29 is 9.21 Å². The summed E-state index contributed by atoms with van der Waals surface area (Å²) >= 11 is 0. The van der Waals surface area contributed by atoms with E-state index in [-0.39, 0.29) is 0 Å². The minimum absolute atomic E-state index is 0.298. The molecule has 1 heterocycles. The Labute approximate surface area is 80.3 Å². The minimum Gasteiger partial charge on any atom is -0.441 e. The van der Waals surface area contributed by atoms with Crippen molar-refractivity contribution in [1.29, 1.82) is 0 Å². The van der Waals surface area contributed by atoms with E-state index >= 15 is 0 Å². The van der Waals surface area contributed by atoms with Gasteiger partial charge in [0.05, 0.1) is 6.54 Å². The monoisotopic (exact) mass is 188 g/mol. The van der Waals surface area contributed by atoms with Crippen LogP contribution in [0, 0.1) is 6.92 Å². The summed E-state index contributed by atoms with van der Waals surface area (Å²) in [7, 11) is 0. The number of isocyanates is 1. The molecule has 2 rings (SSSR count). The fourth-order valence-corrected chi connectivity index (χ4v) is 1.36. The van der Waals surface area contributed by atoms with E-state index in [1.807, 2.05) is 18.2 Å². The van der Waals surface area contributed by atoms with Crippen molar-refractivity contribution in [3.8, 4) is 0 Å². The Morgan fingerprint density at radius 3 is 3.21 bits per heavy atom. The number of aryl methyl sites for hydroxylation is 1. The van der Waals surface area contributed by atoms with Crippen molar-refractivity contribution in [3.63, 3.8) is 0 Å². The van der Waals surface area contributed by atoms with Crippen molar-refractivity contribution in [2.75, 3.05) is 0 Å². The Morgan fingerprint density at radius 2 is 2.43 bits per heavy atom. The molecule has 0 bridgehead atoms. The number of fused-ring (bicyclic) bond motifs is 1. The van der Waals surface area contributed by atoms with Gasteiger partial charge in [-0.05, 0) is 6.07 Å². The molecule has 0 atom stereocenters. The molecular weight excluding hydrogens is 180 g/mol. The highest BCUT2D eigenvalue weighted by Gasteiger charge is 2.05. The van der Waals surface area contributed by atoms with E-state index in [9.17, 15) is 4.79 Å². The quantitative estimate of drug-likeness (QED) is 0.534. The molecule has 0 aliphatic carbocycles. The lowest BCUT2D eigenvalue weighted by Crippen LogP contribution is -1.83. The topological polar surface area (TPSA) is 55.5 Å². The van der Waals surface area contributed by atoms with E-state index < -0.39 is 0 Å². The second-order valence-electron chi connectivity index (χ2n) is 2.90. The number of hydrogen-bond donors (Lipinski definition) is 0. The Hall–Kier alpha value is -1.93. The van der Waals surface area contributed by atoms with Gasteiger partial charge in [0.2, 0.25) is 6.08 Å². The Balaban J connectivity index is 2.57. The zero-order chi connectivity index (χ0) is 9.97. The van der Waals surface area contributed by atoms with Crippen LogP contribution < -0.4 is 0 Å². The zero-order valence-corrected chi connectivity index (χ0v) is 7.65. The highest BCUT2D eigenvalue weighted by molar-refractivity contribution is 5.76. The summed E-state index contributed by atoms with van der Waals surface area (Å²) in [6.07, 6.45) is 1.50. The maximum atomic E-state index is 9.98. The molecule has 0 amide bonds. The van der Waals surface area contributed by atoms with Crippen molar-refractivity contribution >= 4 is 17.2 Å². The van der Waals surface area contributed by atoms with E-state index in [1.54, 1.807) is 6.92 Å². The SMILES string of the molecule is Cc1nc2c(CN=C=O)cccc2o1. The van der Waals surface area contributed by atoms with Gasteiger partial charge < -0.3 is 4.42 Å². The van der Waals surface area contributed by atoms with Gasteiger partial charge in [-0.2, -0.15) is 0 Å². The van der Waals surface area contributed by atoms with Crippen molar-refractivity contribution in [3.05, 3.63) is 29.7 Å². The first-order valence-electron chi connectivity index (χ1n) is 4.20. The van der Waals surface area contributed by atoms with Crippen LogP contribution >= 0.6 is 0 Å². The molecule has 2 aromatic rings. The van der Waals surface area contributed by atoms with E-state index in [2.05, 4.69) is 9.98 Å². The zero-order valence-electron chi connectivity index (χ0n) is 7.65. The maximum absolute atomic E-state index is 9.98. The minimum atomic E-state index is 0.298. The van der Waals surface area contributed by atoms with E-state index in [1.165, 1.54) is 6.08 Å². The molecular formula is C10H8N2O2. The Bertz CT molecular complexity index is 510. The molecule has 1 aromatic carbocycles. The van der Waals surface area contributed by atoms with E-state index in [0.29, 0.717) is 12.4 Å². The fourth-order valence-electron chi connectivity index (χ4n) is 1.36. The number of para-hydroxylation sites is 1. The summed E-state index contributed by atoms with van der Waals surface area (Å²) in [6.45, 7) is 2.08. The van der Waals surface area contributed by atoms with Gasteiger partial charge in [0, 0.05) is 12.5 Å². The van der Waals surface area contributed by atoms with Crippen LogP contribution in [0.4, 0.5) is 0 Å². The summed E-state index contributed by atoms with van der Waals surface area (Å²) in [5.74, 6) is 0.613. The predicted molar refractivity (Wildman–Crippen MR) is 50.6 cm³/mol. The summed E-state index contributed by atoms with van der Waals surface area (Å²) < 4.78 is 5.34. The number of nitrogens with zero attached hydrogens (tertiary/aromatic N) is 2. The van der Waals surface area contributed by atoms with Crippen LogP contribution in [0.25, 0.3) is 11.1 Å². The third-order valence-electron chi connectivity index (χ3n) is 1.92. The lowest BCUT2D eigenvalue weighted by molar-refractivity contribution is 0.560. The predicted octanol–water partition coefficient (Wildman–Crippen LogP) is 1.97. The normalized spacial score (nSPS) is 10.1. The third kappa shape index (κ3) is 1.43. The van der Waals surface area contributed by atoms with Crippen LogP contribution in [-0.2, 0) is 11.3 Å². The summed E-state index contributed by atoms with van der Waals surface area (Å²) in [6, 6.07) is 5.55. The van der Waals surface area contributed by atoms with E-state index in [0.717, 1.165) is 16.7 Å². The summed E-state index contributed by atoms with van der Waals surface area (Å²) in [4.78, 5) is 17.7. The number of oxazole rings is 1. The van der Waals surface area contributed by atoms with Gasteiger partial charge in [-0.3, -0.25) is 0 Å². The van der Waals surface area contributed by atoms with Gasteiger partial charge >= 0.3 is 0 Å². The van der Waals surface area contributed by atoms with Crippen molar-refractivity contribution in [2.24, 2.45) is 4.99 Å². The molecule has 0 aliphatic heterocycles. The van der Waals surface area contributed by atoms with Gasteiger partial charge in [-0.1, -0.05) is 12.1 Å². The van der Waals surface area contributed by atoms with Gasteiger partial charge in [0.25, 0.3) is 0 Å². The van der Waals surface area contributed by atoms with Crippen LogP contribution in [0.2, 0.25) is 0 Å². The molecule has 70 valence electrons. The third-order valence-corrected chi connectivity index (χ3v) is 1.92. The number of carbonyl (C=O) groups excluding carboxylic acids is 1. The molecule has 0 radical (unpaired) electrons. The smallest absolute Gasteiger partial charge is 0.235 e. The molecule has 0 saturated heterocycles. The largest absolute Gasteiger partial charge is 0.441 e. The average Bonchev–Trinajstić information content (AvgIpc) is 2.55. The molecule has 0 saturated carbocycles. The van der Waals surface area contributed by atoms with E-state index in [4.69, 9.17) is 4.42 Å². The second kappa shape index (κ2) is 3.44. The standard InChI is InChI=1S/C10H8N2O2/c1-7-12-10-8(5-11-6-13)3-2-4-9(10)14-7/h2-4H,5H2,1H3. The first-order chi connectivity index (χ1) is 6.81. The molecule has 1 aromatic heterocycles. The molecule has 14 heavy (non-hydrogen) atoms. The molecule has 0 unspecified atom stereocenters. The van der Waals surface area contributed by atoms with Crippen LogP contribution in [0.5, 0.6) is 0 Å². The number of hydrogen-bond acceptors (Lipinski definition) is 4. The number of aliphatic imine (C=N–C) groups is 1. The fraction of sp³-hybridized carbons (Fsp3) is 0.200. The first kappa shape index (κ1) is 8.66. The molecule has 0 aliphatic rings. The number of aromatic nitrogens is 1. The van der Waals surface area contributed by atoms with Crippen LogP contribution in [0.3, 0.4) is 0 Å². The lowest BCUT2D eigenvalue weighted by atomic mass is 10.2. The molecule has 0 N–H and O–H groups in total. The van der Waals surface area contributed by atoms with Gasteiger partial charge in [-0.25, -0.2) is 14.8 Å². The van der Waals surface area contributed by atoms with Gasteiger partial charge in [0.15, 0.2) is 11.5 Å². The van der Waals surface area contributed by atoms with Crippen LogP contribution in [0.1, 0.15) is 11.5 Å². The summed E-state index contributed by atoms with van der Waals surface area (Å²) in [5, 5.41) is 0. The first-order valence-corrected chi connectivity index (χ1v) is 4.20. The van der Waals surface area contributed by atoms with Crippen LogP contribution in [0.15, 0.2) is 27.6 Å².